The average Bonchev–Trinajstić information content (AvgIpc) is 3.16. The highest BCUT2D eigenvalue weighted by Gasteiger charge is 2.34. The van der Waals surface area contributed by atoms with Crippen LogP contribution in [0.2, 0.25) is 0 Å². The number of carbonyl (C=O) groups excluding carboxylic acids is 1. The number of hydrogen-bond acceptors (Lipinski definition) is 4. The van der Waals surface area contributed by atoms with Crippen molar-refractivity contribution >= 4 is 15.9 Å². The molecule has 1 amide bonds. The first-order valence-electron chi connectivity index (χ1n) is 9.37. The fourth-order valence-electron chi connectivity index (χ4n) is 3.65. The molecule has 0 spiro atoms. The van der Waals surface area contributed by atoms with Gasteiger partial charge in [-0.15, -0.1) is 0 Å². The molecule has 7 nitrogen and oxygen atoms in total. The van der Waals surface area contributed by atoms with E-state index in [2.05, 4.69) is 9.82 Å². The molecule has 0 saturated carbocycles. The van der Waals surface area contributed by atoms with E-state index in [-0.39, 0.29) is 28.6 Å². The van der Waals surface area contributed by atoms with Crippen LogP contribution in [0.5, 0.6) is 0 Å². The topological polar surface area (TPSA) is 84.3 Å². The van der Waals surface area contributed by atoms with Crippen molar-refractivity contribution in [2.45, 2.75) is 43.8 Å². The highest BCUT2D eigenvalue weighted by Crippen LogP contribution is 2.32. The van der Waals surface area contributed by atoms with Gasteiger partial charge >= 0.3 is 6.18 Å². The highest BCUT2D eigenvalue weighted by atomic mass is 32.2. The predicted molar refractivity (Wildman–Crippen MR) is 103 cm³/mol. The Balaban J connectivity index is 2.01. The van der Waals surface area contributed by atoms with Crippen LogP contribution in [-0.2, 0) is 28.0 Å². The Morgan fingerprint density at radius 1 is 1.27 bits per heavy atom. The molecule has 0 radical (unpaired) electrons. The molecule has 1 aliphatic rings. The molecule has 3 rings (SSSR count). The Kier molecular flexibility index (Phi) is 5.96. The summed E-state index contributed by atoms with van der Waals surface area (Å²) in [5.41, 5.74) is -0.0689. The summed E-state index contributed by atoms with van der Waals surface area (Å²) in [5.74, 6) is -0.153. The van der Waals surface area contributed by atoms with E-state index in [1.807, 2.05) is 0 Å². The predicted octanol–water partition coefficient (Wildman–Crippen LogP) is 2.70. The largest absolute Gasteiger partial charge is 0.416 e. The van der Waals surface area contributed by atoms with Gasteiger partial charge in [0, 0.05) is 26.6 Å². The summed E-state index contributed by atoms with van der Waals surface area (Å²) in [5, 5.41) is 4.10. The van der Waals surface area contributed by atoms with E-state index in [0.717, 1.165) is 12.1 Å². The van der Waals surface area contributed by atoms with Crippen molar-refractivity contribution in [1.82, 2.24) is 19.4 Å². The monoisotopic (exact) mass is 444 g/mol. The number of alkyl halides is 3. The van der Waals surface area contributed by atoms with E-state index >= 15 is 0 Å². The molecule has 2 heterocycles. The van der Waals surface area contributed by atoms with Gasteiger partial charge < -0.3 is 4.90 Å². The van der Waals surface area contributed by atoms with Crippen LogP contribution in [0.1, 0.15) is 41.4 Å². The summed E-state index contributed by atoms with van der Waals surface area (Å²) in [6.07, 6.45) is -3.61. The second-order valence-electron chi connectivity index (χ2n) is 7.36. The van der Waals surface area contributed by atoms with Gasteiger partial charge in [0.1, 0.15) is 4.90 Å². The summed E-state index contributed by atoms with van der Waals surface area (Å²) in [6, 6.07) is 3.44. The number of rotatable bonds is 6. The Morgan fingerprint density at radius 3 is 2.50 bits per heavy atom. The number of amides is 1. The minimum atomic E-state index is -4.57. The van der Waals surface area contributed by atoms with E-state index in [4.69, 9.17) is 0 Å². The molecule has 1 saturated heterocycles. The van der Waals surface area contributed by atoms with Gasteiger partial charge in [-0.2, -0.15) is 18.3 Å². The van der Waals surface area contributed by atoms with E-state index in [9.17, 15) is 26.4 Å². The van der Waals surface area contributed by atoms with Crippen LogP contribution >= 0.6 is 0 Å². The Morgan fingerprint density at radius 2 is 1.97 bits per heavy atom. The summed E-state index contributed by atoms with van der Waals surface area (Å²) in [4.78, 5) is 13.5. The molecule has 0 aliphatic carbocycles. The van der Waals surface area contributed by atoms with Crippen molar-refractivity contribution in [2.24, 2.45) is 7.05 Å². The second-order valence-corrected chi connectivity index (χ2v) is 9.01. The van der Waals surface area contributed by atoms with Gasteiger partial charge in [0.2, 0.25) is 15.9 Å². The first kappa shape index (κ1) is 22.3. The van der Waals surface area contributed by atoms with Gasteiger partial charge in [0.25, 0.3) is 0 Å². The minimum Gasteiger partial charge on any atom is -0.341 e. The molecule has 2 aromatic rings. The van der Waals surface area contributed by atoms with E-state index in [1.54, 1.807) is 20.9 Å². The lowest BCUT2D eigenvalue weighted by Gasteiger charge is -2.25. The zero-order valence-corrected chi connectivity index (χ0v) is 17.6. The van der Waals surface area contributed by atoms with E-state index in [0.29, 0.717) is 25.1 Å². The zero-order valence-electron chi connectivity index (χ0n) is 16.8. The van der Waals surface area contributed by atoms with Gasteiger partial charge in [-0.25, -0.2) is 13.1 Å². The zero-order chi connectivity index (χ0) is 22.3. The van der Waals surface area contributed by atoms with E-state index < -0.39 is 27.8 Å². The third-order valence-electron chi connectivity index (χ3n) is 5.20. The smallest absolute Gasteiger partial charge is 0.341 e. The average molecular weight is 444 g/mol. The normalized spacial score (nSPS) is 16.3. The van der Waals surface area contributed by atoms with Crippen LogP contribution in [0.15, 0.2) is 29.2 Å². The molecule has 1 aliphatic heterocycles. The number of hydrogen-bond donors (Lipinski definition) is 1. The fraction of sp³-hybridized carbons (Fsp3) is 0.474. The first-order chi connectivity index (χ1) is 13.9. The number of sulfonamides is 1. The van der Waals surface area contributed by atoms with E-state index in [1.165, 1.54) is 21.7 Å². The van der Waals surface area contributed by atoms with Crippen LogP contribution in [0.25, 0.3) is 0 Å². The van der Waals surface area contributed by atoms with Crippen LogP contribution in [0.4, 0.5) is 13.2 Å². The van der Waals surface area contributed by atoms with Crippen molar-refractivity contribution in [3.63, 3.8) is 0 Å². The summed E-state index contributed by atoms with van der Waals surface area (Å²) in [7, 11) is -2.50. The standard InChI is InChI=1S/C19H23F3N4O3S/c1-12-18(13(2)25(3)23-12)30(28,29)24-16(11-26-9-5-8-17(26)27)14-6-4-7-15(10-14)19(20,21)22/h4,6-7,10,16,24H,5,8-9,11H2,1-3H3. The molecule has 1 aromatic heterocycles. The summed E-state index contributed by atoms with van der Waals surface area (Å²) in [6.45, 7) is 3.52. The summed E-state index contributed by atoms with van der Waals surface area (Å²) < 4.78 is 69.8. The minimum absolute atomic E-state index is 0.0188. The maximum atomic E-state index is 13.2. The number of benzene rings is 1. The molecule has 164 valence electrons. The van der Waals surface area contributed by atoms with Crippen LogP contribution < -0.4 is 4.72 Å². The van der Waals surface area contributed by atoms with Crippen molar-refractivity contribution in [1.29, 1.82) is 0 Å². The number of likely N-dealkylation sites (tertiary alicyclic amines) is 1. The molecule has 1 fully saturated rings. The molecular formula is C19H23F3N4O3S. The number of nitrogens with zero attached hydrogens (tertiary/aromatic N) is 3. The molecule has 1 aromatic carbocycles. The Bertz CT molecular complexity index is 1060. The number of aromatic nitrogens is 2. The number of halogens is 3. The molecule has 0 bridgehead atoms. The van der Waals surface area contributed by atoms with Crippen LogP contribution in [0.3, 0.4) is 0 Å². The molecular weight excluding hydrogens is 421 g/mol. The third-order valence-corrected chi connectivity index (χ3v) is 6.92. The van der Waals surface area contributed by atoms with Crippen LogP contribution in [0, 0.1) is 13.8 Å². The number of aryl methyl sites for hydroxylation is 2. The van der Waals surface area contributed by atoms with Crippen molar-refractivity contribution in [2.75, 3.05) is 13.1 Å². The molecule has 11 heteroatoms. The highest BCUT2D eigenvalue weighted by molar-refractivity contribution is 7.89. The maximum Gasteiger partial charge on any atom is 0.416 e. The lowest BCUT2D eigenvalue weighted by molar-refractivity contribution is -0.137. The quantitative estimate of drug-likeness (QED) is 0.743. The maximum absolute atomic E-state index is 13.2. The molecule has 30 heavy (non-hydrogen) atoms. The Hall–Kier alpha value is -2.40. The van der Waals surface area contributed by atoms with Gasteiger partial charge in [0.05, 0.1) is 23.0 Å². The number of nitrogens with one attached hydrogen (secondary N) is 1. The van der Waals surface area contributed by atoms with Crippen molar-refractivity contribution in [3.8, 4) is 0 Å². The van der Waals surface area contributed by atoms with Gasteiger partial charge in [0.15, 0.2) is 0 Å². The lowest BCUT2D eigenvalue weighted by Crippen LogP contribution is -2.39. The SMILES string of the molecule is Cc1nn(C)c(C)c1S(=O)(=O)NC(CN1CCCC1=O)c1cccc(C(F)(F)F)c1. The van der Waals surface area contributed by atoms with Gasteiger partial charge in [-0.3, -0.25) is 9.48 Å². The first-order valence-corrected chi connectivity index (χ1v) is 10.9. The number of carbonyl (C=O) groups is 1. The molecule has 1 unspecified atom stereocenters. The van der Waals surface area contributed by atoms with Crippen LogP contribution in [-0.4, -0.2) is 42.1 Å². The van der Waals surface area contributed by atoms with Crippen molar-refractivity contribution in [3.05, 3.63) is 46.8 Å². The third kappa shape index (κ3) is 4.51. The van der Waals surface area contributed by atoms with Gasteiger partial charge in [-0.05, 0) is 38.0 Å². The second kappa shape index (κ2) is 8.03. The Labute approximate surface area is 172 Å². The molecule has 1 N–H and O–H groups in total. The summed E-state index contributed by atoms with van der Waals surface area (Å²) >= 11 is 0. The van der Waals surface area contributed by atoms with Gasteiger partial charge in [-0.1, -0.05) is 12.1 Å². The fourth-order valence-corrected chi connectivity index (χ4v) is 5.30. The van der Waals surface area contributed by atoms with Crippen molar-refractivity contribution < 1.29 is 26.4 Å². The molecule has 1 atom stereocenters. The lowest BCUT2D eigenvalue weighted by atomic mass is 10.0.